The number of benzene rings is 3. The molecule has 0 aliphatic heterocycles. The van der Waals surface area contributed by atoms with E-state index in [1.54, 1.807) is 14.2 Å². The Morgan fingerprint density at radius 1 is 0.971 bits per heavy atom. The van der Waals surface area contributed by atoms with Crippen LogP contribution in [-0.2, 0) is 7.05 Å². The molecule has 4 rings (SSSR count). The van der Waals surface area contributed by atoms with Crippen molar-refractivity contribution >= 4 is 34.5 Å². The number of rotatable bonds is 6. The summed E-state index contributed by atoms with van der Waals surface area (Å²) in [6.45, 7) is 0. The van der Waals surface area contributed by atoms with Crippen molar-refractivity contribution in [3.63, 3.8) is 0 Å². The number of carbonyl (C=O) groups excluding carboxylic acids is 1. The lowest BCUT2D eigenvalue weighted by Crippen LogP contribution is -2.14. The Balaban J connectivity index is 1.86. The first-order chi connectivity index (χ1) is 16.8. The van der Waals surface area contributed by atoms with Gasteiger partial charge in [-0.1, -0.05) is 22.9 Å². The normalized spacial score (nSPS) is 11.4. The van der Waals surface area contributed by atoms with Crippen LogP contribution in [0.3, 0.4) is 0 Å². The van der Waals surface area contributed by atoms with E-state index in [-0.39, 0.29) is 16.3 Å². The molecule has 0 atom stereocenters. The van der Waals surface area contributed by atoms with Gasteiger partial charge in [-0.15, -0.1) is 0 Å². The smallest absolute Gasteiger partial charge is 0.281 e. The minimum Gasteiger partial charge on any atom is -0.497 e. The van der Waals surface area contributed by atoms with Gasteiger partial charge in [-0.05, 0) is 65.7 Å². The number of halogens is 1. The summed E-state index contributed by atoms with van der Waals surface area (Å²) in [5, 5.41) is 11.0. The molecular formula is C25H20ClN3O5S. The highest BCUT2D eigenvalue weighted by atomic mass is 35.5. The molecule has 0 aliphatic carbocycles. The molecule has 10 heteroatoms. The van der Waals surface area contributed by atoms with Gasteiger partial charge in [-0.25, -0.2) is 0 Å². The standard InChI is InChI=1S/C25H20ClN3O5S/c1-28-22(15-4-9-18(33-2)10-5-15)23(16-6-11-19(34-3)12-7-16)35-25(28)27-24(30)20-13-8-17(29(31)32)14-21(20)26/h4-14H,1-3H3. The predicted octanol–water partition coefficient (Wildman–Crippen LogP) is 5.74. The molecule has 1 heterocycles. The van der Waals surface area contributed by atoms with Gasteiger partial charge >= 0.3 is 0 Å². The van der Waals surface area contributed by atoms with E-state index in [4.69, 9.17) is 21.1 Å². The summed E-state index contributed by atoms with van der Waals surface area (Å²) in [6.07, 6.45) is 0. The summed E-state index contributed by atoms with van der Waals surface area (Å²) in [6, 6.07) is 18.9. The second-order valence-electron chi connectivity index (χ2n) is 7.42. The lowest BCUT2D eigenvalue weighted by Gasteiger charge is -2.09. The van der Waals surface area contributed by atoms with Crippen LogP contribution in [0, 0.1) is 10.1 Å². The van der Waals surface area contributed by atoms with Crippen LogP contribution in [0.15, 0.2) is 71.7 Å². The fourth-order valence-corrected chi connectivity index (χ4v) is 4.90. The van der Waals surface area contributed by atoms with Gasteiger partial charge in [-0.3, -0.25) is 14.9 Å². The molecule has 35 heavy (non-hydrogen) atoms. The number of carbonyl (C=O) groups is 1. The second-order valence-corrected chi connectivity index (χ2v) is 8.80. The van der Waals surface area contributed by atoms with Crippen molar-refractivity contribution in [3.05, 3.63) is 92.2 Å². The Kier molecular flexibility index (Phi) is 6.99. The summed E-state index contributed by atoms with van der Waals surface area (Å²) in [7, 11) is 5.04. The number of nitro benzene ring substituents is 1. The van der Waals surface area contributed by atoms with Crippen molar-refractivity contribution in [1.82, 2.24) is 4.57 Å². The first kappa shape index (κ1) is 24.2. The first-order valence-corrected chi connectivity index (χ1v) is 11.5. The minimum atomic E-state index is -0.593. The molecule has 0 fully saturated rings. The van der Waals surface area contributed by atoms with E-state index in [9.17, 15) is 14.9 Å². The van der Waals surface area contributed by atoms with Gasteiger partial charge in [0.05, 0.1) is 40.3 Å². The fourth-order valence-electron chi connectivity index (χ4n) is 3.50. The maximum Gasteiger partial charge on any atom is 0.281 e. The van der Waals surface area contributed by atoms with Crippen LogP contribution in [0.5, 0.6) is 11.5 Å². The molecule has 3 aromatic carbocycles. The largest absolute Gasteiger partial charge is 0.497 e. The number of hydrogen-bond acceptors (Lipinski definition) is 6. The summed E-state index contributed by atoms with van der Waals surface area (Å²) < 4.78 is 12.4. The third-order valence-electron chi connectivity index (χ3n) is 5.34. The molecule has 0 spiro atoms. The van der Waals surface area contributed by atoms with Gasteiger partial charge in [0.25, 0.3) is 11.6 Å². The molecule has 0 bridgehead atoms. The van der Waals surface area contributed by atoms with E-state index < -0.39 is 10.8 Å². The van der Waals surface area contributed by atoms with Gasteiger partial charge in [0.15, 0.2) is 4.80 Å². The summed E-state index contributed by atoms with van der Waals surface area (Å²) in [5.41, 5.74) is 2.60. The number of ether oxygens (including phenoxy) is 2. The minimum absolute atomic E-state index is 0.0297. The van der Waals surface area contributed by atoms with Crippen LogP contribution < -0.4 is 14.3 Å². The zero-order valence-electron chi connectivity index (χ0n) is 19.0. The molecule has 0 aliphatic rings. The fraction of sp³-hybridized carbons (Fsp3) is 0.120. The molecule has 178 valence electrons. The first-order valence-electron chi connectivity index (χ1n) is 10.3. The Morgan fingerprint density at radius 2 is 1.54 bits per heavy atom. The topological polar surface area (TPSA) is 96.0 Å². The molecular weight excluding hydrogens is 490 g/mol. The molecule has 1 aromatic heterocycles. The Bertz CT molecular complexity index is 1470. The van der Waals surface area contributed by atoms with Crippen LogP contribution in [0.1, 0.15) is 10.4 Å². The molecule has 1 amide bonds. The van der Waals surface area contributed by atoms with Gasteiger partial charge in [0.2, 0.25) is 0 Å². The molecule has 0 saturated heterocycles. The van der Waals surface area contributed by atoms with Gasteiger partial charge in [-0.2, -0.15) is 4.99 Å². The van der Waals surface area contributed by atoms with Crippen LogP contribution >= 0.6 is 22.9 Å². The van der Waals surface area contributed by atoms with E-state index in [1.807, 2.05) is 60.1 Å². The molecule has 0 radical (unpaired) electrons. The number of nitrogens with zero attached hydrogens (tertiary/aromatic N) is 3. The van der Waals surface area contributed by atoms with Gasteiger partial charge < -0.3 is 14.0 Å². The number of nitro groups is 1. The van der Waals surface area contributed by atoms with Crippen LogP contribution in [0.4, 0.5) is 5.69 Å². The van der Waals surface area contributed by atoms with Crippen LogP contribution in [0.25, 0.3) is 21.7 Å². The Morgan fingerprint density at radius 3 is 2.06 bits per heavy atom. The molecule has 0 saturated carbocycles. The van der Waals surface area contributed by atoms with E-state index >= 15 is 0 Å². The van der Waals surface area contributed by atoms with Crippen LogP contribution in [-0.4, -0.2) is 29.6 Å². The monoisotopic (exact) mass is 509 g/mol. The Labute approximate surface area is 209 Å². The van der Waals surface area contributed by atoms with Gasteiger partial charge in [0.1, 0.15) is 11.5 Å². The quantitative estimate of drug-likeness (QED) is 0.244. The average molecular weight is 510 g/mol. The highest BCUT2D eigenvalue weighted by Gasteiger charge is 2.18. The lowest BCUT2D eigenvalue weighted by atomic mass is 10.1. The highest BCUT2D eigenvalue weighted by Crippen LogP contribution is 2.36. The number of amides is 1. The third-order valence-corrected chi connectivity index (χ3v) is 6.83. The van der Waals surface area contributed by atoms with E-state index in [0.29, 0.717) is 4.80 Å². The molecule has 8 nitrogen and oxygen atoms in total. The van der Waals surface area contributed by atoms with Crippen LogP contribution in [0.2, 0.25) is 5.02 Å². The SMILES string of the molecule is COc1ccc(-c2sc(=NC(=O)c3ccc([N+](=O)[O-])cc3Cl)n(C)c2-c2ccc(OC)cc2)cc1. The zero-order valence-corrected chi connectivity index (χ0v) is 20.6. The second kappa shape index (κ2) is 10.1. The van der Waals surface area contributed by atoms with Crippen molar-refractivity contribution in [1.29, 1.82) is 0 Å². The van der Waals surface area contributed by atoms with Crippen molar-refractivity contribution in [2.45, 2.75) is 0 Å². The number of thiazole rings is 1. The highest BCUT2D eigenvalue weighted by molar-refractivity contribution is 7.13. The molecule has 0 unspecified atom stereocenters. The summed E-state index contributed by atoms with van der Waals surface area (Å²) >= 11 is 7.49. The number of hydrogen-bond donors (Lipinski definition) is 0. The number of methoxy groups -OCH3 is 2. The van der Waals surface area contributed by atoms with E-state index in [1.165, 1.54) is 23.5 Å². The predicted molar refractivity (Wildman–Crippen MR) is 135 cm³/mol. The third kappa shape index (κ3) is 4.96. The molecule has 0 N–H and O–H groups in total. The maximum atomic E-state index is 13.0. The lowest BCUT2D eigenvalue weighted by molar-refractivity contribution is -0.384. The maximum absolute atomic E-state index is 13.0. The zero-order chi connectivity index (χ0) is 25.1. The molecule has 4 aromatic rings. The summed E-state index contributed by atoms with van der Waals surface area (Å²) in [5.74, 6) is 0.864. The van der Waals surface area contributed by atoms with Gasteiger partial charge in [0, 0.05) is 19.2 Å². The van der Waals surface area contributed by atoms with Crippen molar-refractivity contribution in [2.24, 2.45) is 12.0 Å². The van der Waals surface area contributed by atoms with E-state index in [0.717, 1.165) is 39.3 Å². The number of non-ortho nitro benzene ring substituents is 1. The summed E-state index contributed by atoms with van der Waals surface area (Å²) in [4.78, 5) is 29.0. The average Bonchev–Trinajstić information content (AvgIpc) is 3.19. The Hall–Kier alpha value is -3.95. The number of aromatic nitrogens is 1. The van der Waals surface area contributed by atoms with E-state index in [2.05, 4.69) is 4.99 Å². The van der Waals surface area contributed by atoms with Crippen molar-refractivity contribution in [3.8, 4) is 33.2 Å². The van der Waals surface area contributed by atoms with Crippen molar-refractivity contribution in [2.75, 3.05) is 14.2 Å². The van der Waals surface area contributed by atoms with Crippen molar-refractivity contribution < 1.29 is 19.2 Å².